The lowest BCUT2D eigenvalue weighted by Crippen LogP contribution is -1.83. The largest absolute Gasteiger partial charge is 0.497 e. The van der Waals surface area contributed by atoms with Crippen molar-refractivity contribution < 1.29 is 9.84 Å². The highest BCUT2D eigenvalue weighted by Gasteiger charge is 1.91. The minimum atomic E-state index is 0.0617. The van der Waals surface area contributed by atoms with E-state index in [0.717, 1.165) is 22.4 Å². The van der Waals surface area contributed by atoms with Crippen LogP contribution < -0.4 is 4.74 Å². The summed E-state index contributed by atoms with van der Waals surface area (Å²) in [6.45, 7) is 0.0617. The average molecular weight is 238 g/mol. The Morgan fingerprint density at radius 1 is 0.889 bits per heavy atom. The molecular formula is C16H14O2. The van der Waals surface area contributed by atoms with E-state index in [2.05, 4.69) is 11.8 Å². The lowest BCUT2D eigenvalue weighted by Gasteiger charge is -1.97. The van der Waals surface area contributed by atoms with Gasteiger partial charge in [0, 0.05) is 11.1 Å². The fourth-order valence-electron chi connectivity index (χ4n) is 1.51. The van der Waals surface area contributed by atoms with E-state index in [4.69, 9.17) is 9.84 Å². The zero-order chi connectivity index (χ0) is 12.8. The third kappa shape index (κ3) is 3.13. The SMILES string of the molecule is COc1ccc(C#Cc2ccc(CO)cc2)cc1. The maximum atomic E-state index is 8.94. The van der Waals surface area contributed by atoms with E-state index in [1.807, 2.05) is 48.5 Å². The van der Waals surface area contributed by atoms with Gasteiger partial charge in [-0.15, -0.1) is 0 Å². The molecule has 2 rings (SSSR count). The van der Waals surface area contributed by atoms with Crippen LogP contribution in [0.15, 0.2) is 48.5 Å². The number of aliphatic hydroxyl groups excluding tert-OH is 1. The highest BCUT2D eigenvalue weighted by molar-refractivity contribution is 5.44. The first-order chi connectivity index (χ1) is 8.81. The fourth-order valence-corrected chi connectivity index (χ4v) is 1.51. The Balaban J connectivity index is 2.14. The van der Waals surface area contributed by atoms with Crippen LogP contribution in [0.25, 0.3) is 0 Å². The van der Waals surface area contributed by atoms with Gasteiger partial charge in [0.25, 0.3) is 0 Å². The zero-order valence-corrected chi connectivity index (χ0v) is 10.2. The van der Waals surface area contributed by atoms with Crippen molar-refractivity contribution in [2.45, 2.75) is 6.61 Å². The molecule has 2 heteroatoms. The van der Waals surface area contributed by atoms with E-state index in [0.29, 0.717) is 0 Å². The van der Waals surface area contributed by atoms with Crippen LogP contribution in [-0.4, -0.2) is 12.2 Å². The quantitative estimate of drug-likeness (QED) is 0.815. The molecular weight excluding hydrogens is 224 g/mol. The molecule has 0 fully saturated rings. The Morgan fingerprint density at radius 2 is 1.39 bits per heavy atom. The van der Waals surface area contributed by atoms with E-state index in [-0.39, 0.29) is 6.61 Å². The molecule has 0 amide bonds. The topological polar surface area (TPSA) is 29.5 Å². The van der Waals surface area contributed by atoms with E-state index >= 15 is 0 Å². The number of rotatable bonds is 2. The summed E-state index contributed by atoms with van der Waals surface area (Å²) in [7, 11) is 1.64. The van der Waals surface area contributed by atoms with Crippen molar-refractivity contribution >= 4 is 0 Å². The van der Waals surface area contributed by atoms with Gasteiger partial charge in [0.2, 0.25) is 0 Å². The number of hydrogen-bond acceptors (Lipinski definition) is 2. The minimum Gasteiger partial charge on any atom is -0.497 e. The number of benzene rings is 2. The van der Waals surface area contributed by atoms with Gasteiger partial charge in [-0.3, -0.25) is 0 Å². The Kier molecular flexibility index (Phi) is 4.01. The van der Waals surface area contributed by atoms with Crippen molar-refractivity contribution in [1.82, 2.24) is 0 Å². The maximum absolute atomic E-state index is 8.94. The van der Waals surface area contributed by atoms with Crippen molar-refractivity contribution in [2.75, 3.05) is 7.11 Å². The molecule has 0 saturated heterocycles. The smallest absolute Gasteiger partial charge is 0.118 e. The summed E-state index contributed by atoms with van der Waals surface area (Å²) >= 11 is 0. The molecule has 0 aliphatic carbocycles. The van der Waals surface area contributed by atoms with Crippen LogP contribution in [-0.2, 0) is 6.61 Å². The van der Waals surface area contributed by atoms with Crippen molar-refractivity contribution in [3.8, 4) is 17.6 Å². The molecule has 1 N–H and O–H groups in total. The maximum Gasteiger partial charge on any atom is 0.118 e. The summed E-state index contributed by atoms with van der Waals surface area (Å²) in [5.41, 5.74) is 2.77. The highest BCUT2D eigenvalue weighted by atomic mass is 16.5. The van der Waals surface area contributed by atoms with Gasteiger partial charge in [-0.25, -0.2) is 0 Å². The van der Waals surface area contributed by atoms with E-state index in [9.17, 15) is 0 Å². The standard InChI is InChI=1S/C16H14O2/c1-18-16-10-8-14(9-11-16)3-2-13-4-6-15(12-17)7-5-13/h4-11,17H,12H2,1H3. The first kappa shape index (κ1) is 12.2. The van der Waals surface area contributed by atoms with Gasteiger partial charge in [-0.1, -0.05) is 24.0 Å². The molecule has 0 saturated carbocycles. The molecule has 0 spiro atoms. The summed E-state index contributed by atoms with van der Waals surface area (Å²) in [6.07, 6.45) is 0. The molecule has 0 radical (unpaired) electrons. The van der Waals surface area contributed by atoms with Crippen molar-refractivity contribution in [2.24, 2.45) is 0 Å². The van der Waals surface area contributed by atoms with Crippen molar-refractivity contribution in [3.63, 3.8) is 0 Å². The van der Waals surface area contributed by atoms with Crippen LogP contribution >= 0.6 is 0 Å². The summed E-state index contributed by atoms with van der Waals surface area (Å²) in [5, 5.41) is 8.94. The number of hydrogen-bond donors (Lipinski definition) is 1. The second kappa shape index (κ2) is 5.90. The summed E-state index contributed by atoms with van der Waals surface area (Å²) in [5.74, 6) is 6.99. The Morgan fingerprint density at radius 3 is 1.83 bits per heavy atom. The third-order valence-corrected chi connectivity index (χ3v) is 2.58. The van der Waals surface area contributed by atoms with Crippen LogP contribution in [0.1, 0.15) is 16.7 Å². The molecule has 0 heterocycles. The van der Waals surface area contributed by atoms with Gasteiger partial charge < -0.3 is 9.84 Å². The van der Waals surface area contributed by atoms with Gasteiger partial charge in [-0.05, 0) is 42.0 Å². The van der Waals surface area contributed by atoms with Gasteiger partial charge >= 0.3 is 0 Å². The minimum absolute atomic E-state index is 0.0617. The van der Waals surface area contributed by atoms with Gasteiger partial charge in [-0.2, -0.15) is 0 Å². The Bertz CT molecular complexity index is 505. The summed E-state index contributed by atoms with van der Waals surface area (Å²) in [6, 6.07) is 15.2. The predicted molar refractivity (Wildman–Crippen MR) is 71.3 cm³/mol. The van der Waals surface area contributed by atoms with E-state index in [1.165, 1.54) is 0 Å². The fraction of sp³-hybridized carbons (Fsp3) is 0.125. The second-order valence-corrected chi connectivity index (χ2v) is 3.83. The average Bonchev–Trinajstić information content (AvgIpc) is 2.46. The van der Waals surface area contributed by atoms with Crippen molar-refractivity contribution in [1.29, 1.82) is 0 Å². The predicted octanol–water partition coefficient (Wildman–Crippen LogP) is 2.59. The first-order valence-corrected chi connectivity index (χ1v) is 5.67. The molecule has 0 aromatic heterocycles. The van der Waals surface area contributed by atoms with E-state index in [1.54, 1.807) is 7.11 Å². The monoisotopic (exact) mass is 238 g/mol. The number of methoxy groups -OCH3 is 1. The molecule has 0 aliphatic heterocycles. The van der Waals surface area contributed by atoms with Crippen LogP contribution in [0.5, 0.6) is 5.75 Å². The van der Waals surface area contributed by atoms with Crippen LogP contribution in [0.4, 0.5) is 0 Å². The lowest BCUT2D eigenvalue weighted by atomic mass is 10.1. The molecule has 0 atom stereocenters. The van der Waals surface area contributed by atoms with Crippen LogP contribution in [0, 0.1) is 11.8 Å². The molecule has 2 nitrogen and oxygen atoms in total. The van der Waals surface area contributed by atoms with Gasteiger partial charge in [0.15, 0.2) is 0 Å². The summed E-state index contributed by atoms with van der Waals surface area (Å²) < 4.78 is 5.09. The third-order valence-electron chi connectivity index (χ3n) is 2.58. The van der Waals surface area contributed by atoms with Crippen LogP contribution in [0.3, 0.4) is 0 Å². The molecule has 0 aliphatic rings. The molecule has 18 heavy (non-hydrogen) atoms. The number of aliphatic hydroxyl groups is 1. The highest BCUT2D eigenvalue weighted by Crippen LogP contribution is 2.10. The molecule has 0 unspecified atom stereocenters. The van der Waals surface area contributed by atoms with Crippen LogP contribution in [0.2, 0.25) is 0 Å². The molecule has 0 bridgehead atoms. The van der Waals surface area contributed by atoms with Gasteiger partial charge in [0.05, 0.1) is 13.7 Å². The summed E-state index contributed by atoms with van der Waals surface area (Å²) in [4.78, 5) is 0. The Hall–Kier alpha value is -2.24. The lowest BCUT2D eigenvalue weighted by molar-refractivity contribution is 0.282. The first-order valence-electron chi connectivity index (χ1n) is 5.67. The second-order valence-electron chi connectivity index (χ2n) is 3.83. The zero-order valence-electron chi connectivity index (χ0n) is 10.2. The molecule has 90 valence electrons. The normalized spacial score (nSPS) is 9.44. The van der Waals surface area contributed by atoms with Gasteiger partial charge in [0.1, 0.15) is 5.75 Å². The van der Waals surface area contributed by atoms with E-state index < -0.39 is 0 Å². The van der Waals surface area contributed by atoms with Crippen molar-refractivity contribution in [3.05, 3.63) is 65.2 Å². The molecule has 2 aromatic rings. The number of ether oxygens (including phenoxy) is 1. The Labute approximate surface area is 107 Å². The molecule has 2 aromatic carbocycles.